The fourth-order valence-electron chi connectivity index (χ4n) is 1.59. The molecule has 0 saturated heterocycles. The Balaban J connectivity index is 2.43. The van der Waals surface area contributed by atoms with Crippen molar-refractivity contribution in [3.05, 3.63) is 0 Å². The lowest BCUT2D eigenvalue weighted by molar-refractivity contribution is -0.116. The van der Waals surface area contributed by atoms with Gasteiger partial charge >= 0.3 is 0 Å². The van der Waals surface area contributed by atoms with Gasteiger partial charge < -0.3 is 15.0 Å². The molecule has 0 spiro atoms. The van der Waals surface area contributed by atoms with Crippen LogP contribution in [-0.4, -0.2) is 29.2 Å². The summed E-state index contributed by atoms with van der Waals surface area (Å²) in [6, 6.07) is 0. The molecular weight excluding hydrogens is 144 g/mol. The summed E-state index contributed by atoms with van der Waals surface area (Å²) >= 11 is 0. The second-order valence-corrected chi connectivity index (χ2v) is 3.23. The first-order valence-electron chi connectivity index (χ1n) is 4.02. The molecule has 0 amide bonds. The molecule has 64 valence electrons. The molecule has 0 aromatic carbocycles. The van der Waals surface area contributed by atoms with E-state index in [0.29, 0.717) is 12.8 Å². The SMILES string of the molecule is O=CC1CC(CO)CCC1O. The molecule has 0 aliphatic heterocycles. The first-order chi connectivity index (χ1) is 5.27. The minimum absolute atomic E-state index is 0.136. The topological polar surface area (TPSA) is 57.5 Å². The molecule has 1 fully saturated rings. The Hall–Kier alpha value is -0.410. The third kappa shape index (κ3) is 2.01. The molecule has 11 heavy (non-hydrogen) atoms. The Bertz CT molecular complexity index is 135. The molecule has 3 nitrogen and oxygen atoms in total. The predicted octanol–water partition coefficient (Wildman–Crippen LogP) is -0.0452. The highest BCUT2D eigenvalue weighted by atomic mass is 16.3. The number of rotatable bonds is 2. The maximum atomic E-state index is 10.4. The lowest BCUT2D eigenvalue weighted by Gasteiger charge is -2.28. The average Bonchev–Trinajstić information content (AvgIpc) is 2.05. The fourth-order valence-corrected chi connectivity index (χ4v) is 1.59. The summed E-state index contributed by atoms with van der Waals surface area (Å²) in [7, 11) is 0. The van der Waals surface area contributed by atoms with E-state index < -0.39 is 6.10 Å². The third-order valence-corrected chi connectivity index (χ3v) is 2.40. The molecule has 3 heteroatoms. The molecule has 0 heterocycles. The van der Waals surface area contributed by atoms with Gasteiger partial charge in [0, 0.05) is 12.5 Å². The fraction of sp³-hybridized carbons (Fsp3) is 0.875. The number of aliphatic hydroxyl groups excluding tert-OH is 2. The van der Waals surface area contributed by atoms with E-state index in [1.165, 1.54) is 0 Å². The Morgan fingerprint density at radius 1 is 1.45 bits per heavy atom. The molecule has 3 unspecified atom stereocenters. The van der Waals surface area contributed by atoms with Gasteiger partial charge in [-0.2, -0.15) is 0 Å². The highest BCUT2D eigenvalue weighted by Gasteiger charge is 2.28. The smallest absolute Gasteiger partial charge is 0.125 e. The number of hydrogen-bond donors (Lipinski definition) is 2. The van der Waals surface area contributed by atoms with Crippen molar-refractivity contribution in [2.75, 3.05) is 6.61 Å². The molecule has 1 rings (SSSR count). The maximum Gasteiger partial charge on any atom is 0.125 e. The van der Waals surface area contributed by atoms with Crippen molar-refractivity contribution in [3.63, 3.8) is 0 Å². The van der Waals surface area contributed by atoms with Gasteiger partial charge in [-0.3, -0.25) is 0 Å². The average molecular weight is 158 g/mol. The number of carbonyl (C=O) groups excluding carboxylic acids is 1. The summed E-state index contributed by atoms with van der Waals surface area (Å²) in [5.74, 6) is -0.0329. The van der Waals surface area contributed by atoms with Crippen molar-refractivity contribution in [1.29, 1.82) is 0 Å². The molecule has 1 saturated carbocycles. The predicted molar refractivity (Wildman–Crippen MR) is 40.0 cm³/mol. The van der Waals surface area contributed by atoms with Gasteiger partial charge in [0.1, 0.15) is 6.29 Å². The summed E-state index contributed by atoms with van der Waals surface area (Å²) in [6.45, 7) is 0.136. The van der Waals surface area contributed by atoms with Crippen molar-refractivity contribution in [3.8, 4) is 0 Å². The van der Waals surface area contributed by atoms with Crippen molar-refractivity contribution in [2.45, 2.75) is 25.4 Å². The van der Waals surface area contributed by atoms with Gasteiger partial charge in [0.15, 0.2) is 0 Å². The first kappa shape index (κ1) is 8.68. The number of aliphatic hydroxyl groups is 2. The standard InChI is InChI=1S/C8H14O3/c9-4-6-1-2-8(11)7(3-6)5-10/h5-9,11H,1-4H2. The van der Waals surface area contributed by atoms with Gasteiger partial charge in [-0.15, -0.1) is 0 Å². The van der Waals surface area contributed by atoms with Gasteiger partial charge in [0.25, 0.3) is 0 Å². The van der Waals surface area contributed by atoms with E-state index in [2.05, 4.69) is 0 Å². The molecule has 2 N–H and O–H groups in total. The Kier molecular flexibility index (Phi) is 3.02. The van der Waals surface area contributed by atoms with Crippen LogP contribution < -0.4 is 0 Å². The van der Waals surface area contributed by atoms with Crippen LogP contribution >= 0.6 is 0 Å². The Morgan fingerprint density at radius 2 is 2.18 bits per heavy atom. The summed E-state index contributed by atoms with van der Waals surface area (Å²) in [5, 5.41) is 18.1. The monoisotopic (exact) mass is 158 g/mol. The summed E-state index contributed by atoms with van der Waals surface area (Å²) < 4.78 is 0. The van der Waals surface area contributed by atoms with Crippen LogP contribution in [0.3, 0.4) is 0 Å². The zero-order valence-corrected chi connectivity index (χ0v) is 6.44. The molecule has 1 aliphatic rings. The van der Waals surface area contributed by atoms with Crippen LogP contribution in [0.25, 0.3) is 0 Å². The van der Waals surface area contributed by atoms with E-state index in [9.17, 15) is 9.90 Å². The molecule has 0 bridgehead atoms. The van der Waals surface area contributed by atoms with E-state index in [1.807, 2.05) is 0 Å². The van der Waals surface area contributed by atoms with Gasteiger partial charge in [-0.25, -0.2) is 0 Å². The van der Waals surface area contributed by atoms with E-state index >= 15 is 0 Å². The largest absolute Gasteiger partial charge is 0.396 e. The minimum Gasteiger partial charge on any atom is -0.396 e. The zero-order chi connectivity index (χ0) is 8.27. The number of hydrogen-bond acceptors (Lipinski definition) is 3. The van der Waals surface area contributed by atoms with Crippen LogP contribution in [0.5, 0.6) is 0 Å². The summed E-state index contributed by atoms with van der Waals surface area (Å²) in [6.07, 6.45) is 2.44. The summed E-state index contributed by atoms with van der Waals surface area (Å²) in [5.41, 5.74) is 0. The lowest BCUT2D eigenvalue weighted by atomic mass is 9.80. The maximum absolute atomic E-state index is 10.4. The quantitative estimate of drug-likeness (QED) is 0.554. The van der Waals surface area contributed by atoms with Crippen molar-refractivity contribution in [1.82, 2.24) is 0 Å². The van der Waals surface area contributed by atoms with Gasteiger partial charge in [0.05, 0.1) is 6.10 Å². The second kappa shape index (κ2) is 3.83. The van der Waals surface area contributed by atoms with Crippen LogP contribution in [0.1, 0.15) is 19.3 Å². The molecule has 1 aliphatic carbocycles. The van der Waals surface area contributed by atoms with E-state index in [-0.39, 0.29) is 18.4 Å². The van der Waals surface area contributed by atoms with Gasteiger partial charge in [0.2, 0.25) is 0 Å². The molecule has 0 aromatic rings. The van der Waals surface area contributed by atoms with Crippen molar-refractivity contribution in [2.24, 2.45) is 11.8 Å². The van der Waals surface area contributed by atoms with E-state index in [4.69, 9.17) is 5.11 Å². The Morgan fingerprint density at radius 3 is 2.73 bits per heavy atom. The van der Waals surface area contributed by atoms with Crippen LogP contribution in [0.15, 0.2) is 0 Å². The normalized spacial score (nSPS) is 38.5. The molecule has 0 aromatic heterocycles. The second-order valence-electron chi connectivity index (χ2n) is 3.23. The minimum atomic E-state index is -0.477. The van der Waals surface area contributed by atoms with Crippen LogP contribution in [0.2, 0.25) is 0 Å². The van der Waals surface area contributed by atoms with Crippen molar-refractivity contribution >= 4 is 6.29 Å². The van der Waals surface area contributed by atoms with Crippen LogP contribution in [0.4, 0.5) is 0 Å². The van der Waals surface area contributed by atoms with E-state index in [0.717, 1.165) is 12.7 Å². The molecule has 0 radical (unpaired) electrons. The zero-order valence-electron chi connectivity index (χ0n) is 6.44. The van der Waals surface area contributed by atoms with Crippen LogP contribution in [0, 0.1) is 11.8 Å². The number of carbonyl (C=O) groups is 1. The first-order valence-corrected chi connectivity index (χ1v) is 4.02. The molecular formula is C8H14O3. The van der Waals surface area contributed by atoms with Gasteiger partial charge in [-0.1, -0.05) is 0 Å². The highest BCUT2D eigenvalue weighted by Crippen LogP contribution is 2.27. The third-order valence-electron chi connectivity index (χ3n) is 2.40. The van der Waals surface area contributed by atoms with Crippen molar-refractivity contribution < 1.29 is 15.0 Å². The van der Waals surface area contributed by atoms with E-state index in [1.54, 1.807) is 0 Å². The lowest BCUT2D eigenvalue weighted by Crippen LogP contribution is -2.31. The summed E-state index contributed by atoms with van der Waals surface area (Å²) in [4.78, 5) is 10.4. The Labute approximate surface area is 66.0 Å². The molecule has 3 atom stereocenters. The highest BCUT2D eigenvalue weighted by molar-refractivity contribution is 5.54. The number of aldehydes is 1. The van der Waals surface area contributed by atoms with Crippen LogP contribution in [-0.2, 0) is 4.79 Å². The van der Waals surface area contributed by atoms with Gasteiger partial charge in [-0.05, 0) is 25.2 Å².